The SMILES string of the molecule is O=Cc1cccc(Nc2ncc(Br)c(NC3CCC3)n2)c1. The van der Waals surface area contributed by atoms with Crippen molar-refractivity contribution in [3.8, 4) is 0 Å². The Morgan fingerprint density at radius 1 is 1.33 bits per heavy atom. The number of rotatable bonds is 5. The molecule has 0 radical (unpaired) electrons. The van der Waals surface area contributed by atoms with Crippen LogP contribution in [0.4, 0.5) is 17.5 Å². The summed E-state index contributed by atoms with van der Waals surface area (Å²) in [6.45, 7) is 0. The second kappa shape index (κ2) is 6.22. The van der Waals surface area contributed by atoms with Crippen molar-refractivity contribution in [1.82, 2.24) is 9.97 Å². The molecule has 5 nitrogen and oxygen atoms in total. The third kappa shape index (κ3) is 3.39. The van der Waals surface area contributed by atoms with E-state index in [0.29, 0.717) is 17.6 Å². The molecule has 2 N–H and O–H groups in total. The molecule has 1 aromatic heterocycles. The molecule has 0 saturated heterocycles. The van der Waals surface area contributed by atoms with E-state index in [9.17, 15) is 4.79 Å². The van der Waals surface area contributed by atoms with Gasteiger partial charge >= 0.3 is 0 Å². The van der Waals surface area contributed by atoms with E-state index in [2.05, 4.69) is 36.5 Å². The van der Waals surface area contributed by atoms with E-state index in [1.807, 2.05) is 12.1 Å². The van der Waals surface area contributed by atoms with Gasteiger partial charge in [-0.3, -0.25) is 4.79 Å². The molecule has 1 aliphatic rings. The van der Waals surface area contributed by atoms with Crippen LogP contribution in [0.5, 0.6) is 0 Å². The molecule has 0 atom stereocenters. The number of nitrogens with zero attached hydrogens (tertiary/aromatic N) is 2. The van der Waals surface area contributed by atoms with Gasteiger partial charge in [0.15, 0.2) is 0 Å². The van der Waals surface area contributed by atoms with Crippen LogP contribution in [-0.4, -0.2) is 22.3 Å². The maximum Gasteiger partial charge on any atom is 0.229 e. The predicted molar refractivity (Wildman–Crippen MR) is 86.1 cm³/mol. The van der Waals surface area contributed by atoms with Crippen molar-refractivity contribution in [3.63, 3.8) is 0 Å². The van der Waals surface area contributed by atoms with Gasteiger partial charge in [0.1, 0.15) is 12.1 Å². The summed E-state index contributed by atoms with van der Waals surface area (Å²) < 4.78 is 0.849. The van der Waals surface area contributed by atoms with E-state index in [1.54, 1.807) is 18.3 Å². The first-order chi connectivity index (χ1) is 10.2. The molecule has 0 spiro atoms. The molecule has 1 aliphatic carbocycles. The molecule has 6 heteroatoms. The van der Waals surface area contributed by atoms with Gasteiger partial charge in [0.25, 0.3) is 0 Å². The smallest absolute Gasteiger partial charge is 0.229 e. The fourth-order valence-electron chi connectivity index (χ4n) is 2.09. The third-order valence-corrected chi connectivity index (χ3v) is 4.05. The van der Waals surface area contributed by atoms with E-state index in [0.717, 1.165) is 22.3 Å². The Balaban J connectivity index is 1.78. The number of carbonyl (C=O) groups is 1. The zero-order valence-corrected chi connectivity index (χ0v) is 12.9. The highest BCUT2D eigenvalue weighted by Gasteiger charge is 2.18. The molecule has 1 aromatic carbocycles. The average Bonchev–Trinajstić information content (AvgIpc) is 2.46. The highest BCUT2D eigenvalue weighted by molar-refractivity contribution is 9.10. The number of carbonyl (C=O) groups excluding carboxylic acids is 1. The van der Waals surface area contributed by atoms with Crippen molar-refractivity contribution in [1.29, 1.82) is 0 Å². The molecule has 3 rings (SSSR count). The predicted octanol–water partition coefficient (Wildman–Crippen LogP) is 3.76. The minimum Gasteiger partial charge on any atom is -0.366 e. The number of aldehydes is 1. The van der Waals surface area contributed by atoms with Crippen molar-refractivity contribution >= 4 is 39.7 Å². The molecule has 0 amide bonds. The number of hydrogen-bond donors (Lipinski definition) is 2. The summed E-state index contributed by atoms with van der Waals surface area (Å²) in [5.41, 5.74) is 1.40. The minimum atomic E-state index is 0.502. The molecule has 21 heavy (non-hydrogen) atoms. The van der Waals surface area contributed by atoms with Crippen LogP contribution in [-0.2, 0) is 0 Å². The minimum absolute atomic E-state index is 0.502. The second-order valence-electron chi connectivity index (χ2n) is 5.03. The fraction of sp³-hybridized carbons (Fsp3) is 0.267. The van der Waals surface area contributed by atoms with Gasteiger partial charge in [0.2, 0.25) is 5.95 Å². The number of anilines is 3. The highest BCUT2D eigenvalue weighted by atomic mass is 79.9. The maximum atomic E-state index is 10.8. The summed E-state index contributed by atoms with van der Waals surface area (Å²) >= 11 is 3.46. The summed E-state index contributed by atoms with van der Waals surface area (Å²) in [4.78, 5) is 19.5. The Labute approximate surface area is 131 Å². The maximum absolute atomic E-state index is 10.8. The number of nitrogens with one attached hydrogen (secondary N) is 2. The van der Waals surface area contributed by atoms with Gasteiger partial charge in [-0.15, -0.1) is 0 Å². The molecule has 1 fully saturated rings. The van der Waals surface area contributed by atoms with Crippen LogP contribution >= 0.6 is 15.9 Å². The van der Waals surface area contributed by atoms with Crippen LogP contribution < -0.4 is 10.6 Å². The zero-order chi connectivity index (χ0) is 14.7. The largest absolute Gasteiger partial charge is 0.366 e. The number of hydrogen-bond acceptors (Lipinski definition) is 5. The lowest BCUT2D eigenvalue weighted by Crippen LogP contribution is -2.27. The normalized spacial score (nSPS) is 14.3. The van der Waals surface area contributed by atoms with Crippen molar-refractivity contribution in [2.45, 2.75) is 25.3 Å². The molecule has 0 aliphatic heterocycles. The Morgan fingerprint density at radius 2 is 2.19 bits per heavy atom. The van der Waals surface area contributed by atoms with Gasteiger partial charge in [-0.25, -0.2) is 4.98 Å². The molecule has 2 aromatic rings. The first-order valence-electron chi connectivity index (χ1n) is 6.86. The van der Waals surface area contributed by atoms with Crippen molar-refractivity contribution < 1.29 is 4.79 Å². The lowest BCUT2D eigenvalue weighted by Gasteiger charge is -2.27. The molecule has 0 unspecified atom stereocenters. The van der Waals surface area contributed by atoms with Gasteiger partial charge < -0.3 is 10.6 Å². The summed E-state index contributed by atoms with van der Waals surface area (Å²) in [7, 11) is 0. The van der Waals surface area contributed by atoms with Gasteiger partial charge in [0, 0.05) is 23.5 Å². The van der Waals surface area contributed by atoms with E-state index in [4.69, 9.17) is 0 Å². The van der Waals surface area contributed by atoms with Crippen molar-refractivity contribution in [3.05, 3.63) is 40.5 Å². The van der Waals surface area contributed by atoms with Gasteiger partial charge in [-0.05, 0) is 47.3 Å². The van der Waals surface area contributed by atoms with Crippen molar-refractivity contribution in [2.24, 2.45) is 0 Å². The van der Waals surface area contributed by atoms with Crippen LogP contribution in [0.25, 0.3) is 0 Å². The fourth-order valence-corrected chi connectivity index (χ4v) is 2.40. The van der Waals surface area contributed by atoms with Gasteiger partial charge in [0.05, 0.1) is 4.47 Å². The summed E-state index contributed by atoms with van der Waals surface area (Å²) in [6, 6.07) is 7.71. The van der Waals surface area contributed by atoms with Crippen molar-refractivity contribution in [2.75, 3.05) is 10.6 Å². The Hall–Kier alpha value is -1.95. The quantitative estimate of drug-likeness (QED) is 0.806. The van der Waals surface area contributed by atoms with E-state index in [-0.39, 0.29) is 0 Å². The van der Waals surface area contributed by atoms with Gasteiger partial charge in [-0.1, -0.05) is 12.1 Å². The average molecular weight is 347 g/mol. The first-order valence-corrected chi connectivity index (χ1v) is 7.65. The molecule has 108 valence electrons. The van der Waals surface area contributed by atoms with E-state index < -0.39 is 0 Å². The van der Waals surface area contributed by atoms with Crippen LogP contribution in [0.1, 0.15) is 29.6 Å². The summed E-state index contributed by atoms with van der Waals surface area (Å²) in [5.74, 6) is 1.30. The first kappa shape index (κ1) is 14.0. The van der Waals surface area contributed by atoms with E-state index in [1.165, 1.54) is 19.3 Å². The number of aromatic nitrogens is 2. The standard InChI is InChI=1S/C15H15BrN4O/c16-13-8-17-15(20-14(13)18-11-4-2-5-11)19-12-6-1-3-10(7-12)9-21/h1,3,6-9,11H,2,4-5H2,(H2,17,18,19,20). The molecular weight excluding hydrogens is 332 g/mol. The molecular formula is C15H15BrN4O. The molecule has 1 saturated carbocycles. The summed E-state index contributed by atoms with van der Waals surface area (Å²) in [6.07, 6.45) is 6.17. The molecule has 0 bridgehead atoms. The van der Waals surface area contributed by atoms with E-state index >= 15 is 0 Å². The van der Waals surface area contributed by atoms with Crippen LogP contribution in [0.3, 0.4) is 0 Å². The lowest BCUT2D eigenvalue weighted by atomic mass is 9.93. The summed E-state index contributed by atoms with van der Waals surface area (Å²) in [5, 5.41) is 6.51. The highest BCUT2D eigenvalue weighted by Crippen LogP contribution is 2.27. The number of halogens is 1. The zero-order valence-electron chi connectivity index (χ0n) is 11.3. The molecule has 1 heterocycles. The van der Waals surface area contributed by atoms with Gasteiger partial charge in [-0.2, -0.15) is 4.98 Å². The van der Waals surface area contributed by atoms with Crippen LogP contribution in [0, 0.1) is 0 Å². The Bertz CT molecular complexity index is 658. The third-order valence-electron chi connectivity index (χ3n) is 3.47. The monoisotopic (exact) mass is 346 g/mol. The topological polar surface area (TPSA) is 66.9 Å². The lowest BCUT2D eigenvalue weighted by molar-refractivity contribution is 0.112. The Kier molecular flexibility index (Phi) is 4.15. The second-order valence-corrected chi connectivity index (χ2v) is 5.88. The number of benzene rings is 1. The Morgan fingerprint density at radius 3 is 2.90 bits per heavy atom. The van der Waals surface area contributed by atoms with Crippen LogP contribution in [0.2, 0.25) is 0 Å². The van der Waals surface area contributed by atoms with Crippen LogP contribution in [0.15, 0.2) is 34.9 Å².